The second-order valence-corrected chi connectivity index (χ2v) is 7.05. The van der Waals surface area contributed by atoms with Crippen molar-refractivity contribution >= 4 is 11.6 Å². The normalized spacial score (nSPS) is 17.1. The summed E-state index contributed by atoms with van der Waals surface area (Å²) in [7, 11) is 0. The number of nitrogens with zero attached hydrogens (tertiary/aromatic N) is 4. The number of hydrogen-bond acceptors (Lipinski definition) is 5. The van der Waals surface area contributed by atoms with Gasteiger partial charge in [-0.3, -0.25) is 9.88 Å². The maximum Gasteiger partial charge on any atom is 0.150 e. The predicted octanol–water partition coefficient (Wildman–Crippen LogP) is 4.30. The van der Waals surface area contributed by atoms with Crippen LogP contribution in [0.4, 0.5) is 11.6 Å². The van der Waals surface area contributed by atoms with Crippen LogP contribution in [0, 0.1) is 6.92 Å². The number of anilines is 2. The van der Waals surface area contributed by atoms with Crippen molar-refractivity contribution in [1.82, 2.24) is 19.9 Å². The van der Waals surface area contributed by atoms with Gasteiger partial charge < -0.3 is 5.32 Å². The van der Waals surface area contributed by atoms with Crippen LogP contribution in [0.5, 0.6) is 0 Å². The van der Waals surface area contributed by atoms with E-state index in [-0.39, 0.29) is 0 Å². The highest BCUT2D eigenvalue weighted by Crippen LogP contribution is 2.31. The van der Waals surface area contributed by atoms with E-state index in [2.05, 4.69) is 50.5 Å². The van der Waals surface area contributed by atoms with Crippen LogP contribution in [0.25, 0.3) is 0 Å². The molecule has 1 aromatic carbocycles. The molecule has 0 amide bonds. The van der Waals surface area contributed by atoms with Crippen molar-refractivity contribution in [3.05, 3.63) is 77.9 Å². The minimum absolute atomic E-state index is 0.341. The number of benzene rings is 1. The maximum atomic E-state index is 4.83. The van der Waals surface area contributed by atoms with Gasteiger partial charge in [0.15, 0.2) is 0 Å². The van der Waals surface area contributed by atoms with E-state index in [1.807, 2.05) is 31.3 Å². The summed E-state index contributed by atoms with van der Waals surface area (Å²) in [6.45, 7) is 4.15. The fourth-order valence-electron chi connectivity index (χ4n) is 3.69. The standard InChI is InChI=1S/C22H25N5/c1-17-7-5-11-21(24-17)26-22-16-23-15-19(25-22)20-10-6-13-27(20)14-12-18-8-3-2-4-9-18/h2-5,7-9,11,15-16,20H,6,10,12-14H2,1H3,(H,24,25,26)/t20-/m0/s1. The van der Waals surface area contributed by atoms with Gasteiger partial charge in [0, 0.05) is 12.2 Å². The topological polar surface area (TPSA) is 53.9 Å². The molecule has 2 aromatic heterocycles. The van der Waals surface area contributed by atoms with E-state index in [9.17, 15) is 0 Å². The third-order valence-corrected chi connectivity index (χ3v) is 5.03. The zero-order valence-electron chi connectivity index (χ0n) is 15.7. The SMILES string of the molecule is Cc1cccc(Nc2cncc([C@@H]3CCCN3CCc3ccccc3)n2)n1. The Labute approximate surface area is 160 Å². The van der Waals surface area contributed by atoms with Gasteiger partial charge in [-0.1, -0.05) is 36.4 Å². The Bertz CT molecular complexity index is 881. The van der Waals surface area contributed by atoms with E-state index in [1.54, 1.807) is 6.20 Å². The van der Waals surface area contributed by atoms with Crippen molar-refractivity contribution < 1.29 is 0 Å². The van der Waals surface area contributed by atoms with E-state index in [1.165, 1.54) is 12.0 Å². The molecule has 1 fully saturated rings. The summed E-state index contributed by atoms with van der Waals surface area (Å²) in [6, 6.07) is 16.9. The van der Waals surface area contributed by atoms with Crippen LogP contribution in [-0.4, -0.2) is 32.9 Å². The Balaban J connectivity index is 1.45. The van der Waals surface area contributed by atoms with Gasteiger partial charge in [0.2, 0.25) is 0 Å². The molecule has 0 unspecified atom stereocenters. The Morgan fingerprint density at radius 3 is 2.74 bits per heavy atom. The molecule has 5 heteroatoms. The van der Waals surface area contributed by atoms with Gasteiger partial charge >= 0.3 is 0 Å². The lowest BCUT2D eigenvalue weighted by atomic mass is 10.1. The maximum absolute atomic E-state index is 4.83. The van der Waals surface area contributed by atoms with E-state index in [4.69, 9.17) is 4.98 Å². The van der Waals surface area contributed by atoms with Gasteiger partial charge in [-0.2, -0.15) is 0 Å². The molecular weight excluding hydrogens is 334 g/mol. The van der Waals surface area contributed by atoms with Gasteiger partial charge in [0.05, 0.1) is 24.1 Å². The molecule has 1 N–H and O–H groups in total. The quantitative estimate of drug-likeness (QED) is 0.711. The summed E-state index contributed by atoms with van der Waals surface area (Å²) >= 11 is 0. The Kier molecular flexibility index (Phi) is 5.39. The minimum atomic E-state index is 0.341. The molecule has 27 heavy (non-hydrogen) atoms. The third-order valence-electron chi connectivity index (χ3n) is 5.03. The van der Waals surface area contributed by atoms with Crippen LogP contribution < -0.4 is 5.32 Å². The fourth-order valence-corrected chi connectivity index (χ4v) is 3.69. The average molecular weight is 359 g/mol. The van der Waals surface area contributed by atoms with Crippen LogP contribution in [0.2, 0.25) is 0 Å². The van der Waals surface area contributed by atoms with Gasteiger partial charge in [-0.15, -0.1) is 0 Å². The van der Waals surface area contributed by atoms with E-state index in [0.29, 0.717) is 6.04 Å². The third kappa shape index (κ3) is 4.49. The van der Waals surface area contributed by atoms with Crippen LogP contribution >= 0.6 is 0 Å². The van der Waals surface area contributed by atoms with Crippen molar-refractivity contribution in [1.29, 1.82) is 0 Å². The summed E-state index contributed by atoms with van der Waals surface area (Å²) in [4.78, 5) is 16.3. The molecule has 0 spiro atoms. The van der Waals surface area contributed by atoms with Crippen molar-refractivity contribution in [2.75, 3.05) is 18.4 Å². The molecule has 5 nitrogen and oxygen atoms in total. The highest BCUT2D eigenvalue weighted by atomic mass is 15.2. The van der Waals surface area contributed by atoms with Crippen molar-refractivity contribution in [2.45, 2.75) is 32.2 Å². The molecule has 1 saturated heterocycles. The first-order valence-corrected chi connectivity index (χ1v) is 9.58. The van der Waals surface area contributed by atoms with Gasteiger partial charge in [-0.25, -0.2) is 9.97 Å². The number of hydrogen-bond donors (Lipinski definition) is 1. The lowest BCUT2D eigenvalue weighted by Crippen LogP contribution is -2.26. The molecule has 3 aromatic rings. The Morgan fingerprint density at radius 2 is 1.89 bits per heavy atom. The molecule has 0 radical (unpaired) electrons. The van der Waals surface area contributed by atoms with Crippen LogP contribution in [0.1, 0.15) is 35.8 Å². The molecular formula is C22H25N5. The van der Waals surface area contributed by atoms with Crippen molar-refractivity contribution in [3.8, 4) is 0 Å². The zero-order valence-corrected chi connectivity index (χ0v) is 15.7. The minimum Gasteiger partial charge on any atom is -0.324 e. The zero-order chi connectivity index (χ0) is 18.5. The number of aromatic nitrogens is 3. The van der Waals surface area contributed by atoms with E-state index < -0.39 is 0 Å². The lowest BCUT2D eigenvalue weighted by molar-refractivity contribution is 0.256. The monoisotopic (exact) mass is 359 g/mol. The van der Waals surface area contributed by atoms with Gasteiger partial charge in [0.25, 0.3) is 0 Å². The highest BCUT2D eigenvalue weighted by Gasteiger charge is 2.27. The molecule has 0 aliphatic carbocycles. The number of rotatable bonds is 6. The van der Waals surface area contributed by atoms with Crippen LogP contribution in [0.15, 0.2) is 60.9 Å². The number of aryl methyl sites for hydroxylation is 1. The molecule has 4 rings (SSSR count). The first-order valence-electron chi connectivity index (χ1n) is 9.58. The summed E-state index contributed by atoms with van der Waals surface area (Å²) in [5.74, 6) is 1.55. The van der Waals surface area contributed by atoms with Crippen LogP contribution in [0.3, 0.4) is 0 Å². The highest BCUT2D eigenvalue weighted by molar-refractivity contribution is 5.50. The molecule has 1 aliphatic heterocycles. The first kappa shape index (κ1) is 17.6. The molecule has 3 heterocycles. The smallest absolute Gasteiger partial charge is 0.150 e. The lowest BCUT2D eigenvalue weighted by Gasteiger charge is -2.24. The molecule has 0 saturated carbocycles. The number of likely N-dealkylation sites (tertiary alicyclic amines) is 1. The summed E-state index contributed by atoms with van der Waals surface area (Å²) in [5, 5.41) is 3.28. The number of pyridine rings is 1. The van der Waals surface area contributed by atoms with Crippen molar-refractivity contribution in [3.63, 3.8) is 0 Å². The fraction of sp³-hybridized carbons (Fsp3) is 0.318. The summed E-state index contributed by atoms with van der Waals surface area (Å²) in [6.07, 6.45) is 7.07. The second-order valence-electron chi connectivity index (χ2n) is 7.05. The summed E-state index contributed by atoms with van der Waals surface area (Å²) < 4.78 is 0. The molecule has 138 valence electrons. The summed E-state index contributed by atoms with van der Waals surface area (Å²) in [5.41, 5.74) is 3.40. The van der Waals surface area contributed by atoms with Crippen molar-refractivity contribution in [2.24, 2.45) is 0 Å². The molecule has 1 aliphatic rings. The van der Waals surface area contributed by atoms with Gasteiger partial charge in [-0.05, 0) is 50.4 Å². The molecule has 0 bridgehead atoms. The first-order chi connectivity index (χ1) is 13.3. The second kappa shape index (κ2) is 8.27. The van der Waals surface area contributed by atoms with Gasteiger partial charge in [0.1, 0.15) is 11.6 Å². The Hall–Kier alpha value is -2.79. The molecule has 1 atom stereocenters. The Morgan fingerprint density at radius 1 is 1.00 bits per heavy atom. The van der Waals surface area contributed by atoms with E-state index in [0.717, 1.165) is 49.0 Å². The average Bonchev–Trinajstić information content (AvgIpc) is 3.16. The number of nitrogens with one attached hydrogen (secondary N) is 1. The predicted molar refractivity (Wildman–Crippen MR) is 108 cm³/mol. The van der Waals surface area contributed by atoms with E-state index >= 15 is 0 Å². The van der Waals surface area contributed by atoms with Crippen LogP contribution in [-0.2, 0) is 6.42 Å². The largest absolute Gasteiger partial charge is 0.324 e.